The van der Waals surface area contributed by atoms with Crippen LogP contribution in [0.15, 0.2) is 24.3 Å². The second-order valence-electron chi connectivity index (χ2n) is 2.52. The average molecular weight is 160 g/mol. The molecule has 0 aliphatic carbocycles. The van der Waals surface area contributed by atoms with Gasteiger partial charge in [-0.15, -0.1) is 0 Å². The number of hydrogen-bond donors (Lipinski definition) is 3. The molecule has 12 heavy (non-hydrogen) atoms. The molecule has 60 valence electrons. The van der Waals surface area contributed by atoms with Crippen molar-refractivity contribution in [1.82, 2.24) is 9.97 Å². The Morgan fingerprint density at radius 2 is 2.17 bits per heavy atom. The second-order valence-corrected chi connectivity index (χ2v) is 2.52. The van der Waals surface area contributed by atoms with Crippen molar-refractivity contribution < 1.29 is 0 Å². The molecule has 0 atom stereocenters. The number of hydrogen-bond acceptors (Lipinski definition) is 2. The van der Waals surface area contributed by atoms with E-state index < -0.39 is 0 Å². The number of nitrogens with zero attached hydrogens (tertiary/aromatic N) is 1. The fraction of sp³-hybridized carbons (Fsp3) is 0. The minimum absolute atomic E-state index is 0.0359. The summed E-state index contributed by atoms with van der Waals surface area (Å²) in [6, 6.07) is 7.57. The summed E-state index contributed by atoms with van der Waals surface area (Å²) in [5.41, 5.74) is 7.01. The Hall–Kier alpha value is -1.84. The van der Waals surface area contributed by atoms with Crippen molar-refractivity contribution in [2.75, 3.05) is 0 Å². The van der Waals surface area contributed by atoms with Gasteiger partial charge in [0.15, 0.2) is 11.7 Å². The molecule has 2 rings (SSSR count). The van der Waals surface area contributed by atoms with Gasteiger partial charge in [-0.2, -0.15) is 0 Å². The molecule has 1 aromatic heterocycles. The van der Waals surface area contributed by atoms with Crippen LogP contribution in [0.2, 0.25) is 0 Å². The molecule has 0 saturated heterocycles. The van der Waals surface area contributed by atoms with E-state index >= 15 is 0 Å². The van der Waals surface area contributed by atoms with Crippen LogP contribution >= 0.6 is 0 Å². The number of rotatable bonds is 1. The van der Waals surface area contributed by atoms with Crippen molar-refractivity contribution in [2.24, 2.45) is 5.73 Å². The molecule has 0 fully saturated rings. The summed E-state index contributed by atoms with van der Waals surface area (Å²) in [5.74, 6) is 0.391. The smallest absolute Gasteiger partial charge is 0.173 e. The van der Waals surface area contributed by atoms with Crippen molar-refractivity contribution in [3.63, 3.8) is 0 Å². The van der Waals surface area contributed by atoms with Crippen molar-refractivity contribution in [3.05, 3.63) is 30.1 Å². The molecule has 0 aliphatic rings. The first-order chi connectivity index (χ1) is 5.77. The van der Waals surface area contributed by atoms with Gasteiger partial charge in [0.05, 0.1) is 11.0 Å². The average Bonchev–Trinajstić information content (AvgIpc) is 2.46. The number of imidazole rings is 1. The number of amidine groups is 1. The highest BCUT2D eigenvalue weighted by Crippen LogP contribution is 2.09. The second kappa shape index (κ2) is 2.34. The molecular weight excluding hydrogens is 152 g/mol. The summed E-state index contributed by atoms with van der Waals surface area (Å²) in [4.78, 5) is 7.04. The first-order valence-corrected chi connectivity index (χ1v) is 3.56. The van der Waals surface area contributed by atoms with E-state index in [1.807, 2.05) is 24.3 Å². The Kier molecular flexibility index (Phi) is 1.33. The van der Waals surface area contributed by atoms with Crippen LogP contribution in [-0.2, 0) is 0 Å². The maximum absolute atomic E-state index is 7.15. The summed E-state index contributed by atoms with van der Waals surface area (Å²) in [5, 5.41) is 7.15. The molecule has 1 aromatic carbocycles. The van der Waals surface area contributed by atoms with Crippen LogP contribution < -0.4 is 5.73 Å². The van der Waals surface area contributed by atoms with Crippen LogP contribution in [-0.4, -0.2) is 15.8 Å². The maximum Gasteiger partial charge on any atom is 0.173 e. The normalized spacial score (nSPS) is 10.3. The van der Waals surface area contributed by atoms with Gasteiger partial charge in [-0.05, 0) is 12.1 Å². The van der Waals surface area contributed by atoms with E-state index in [-0.39, 0.29) is 5.84 Å². The van der Waals surface area contributed by atoms with E-state index in [0.717, 1.165) is 11.0 Å². The van der Waals surface area contributed by atoms with Gasteiger partial charge in [-0.3, -0.25) is 5.41 Å². The number of nitrogens with one attached hydrogen (secondary N) is 2. The fourth-order valence-corrected chi connectivity index (χ4v) is 1.08. The lowest BCUT2D eigenvalue weighted by Crippen LogP contribution is -2.12. The highest BCUT2D eigenvalue weighted by atomic mass is 15.0. The molecule has 0 radical (unpaired) electrons. The van der Waals surface area contributed by atoms with Gasteiger partial charge >= 0.3 is 0 Å². The van der Waals surface area contributed by atoms with Crippen LogP contribution in [0, 0.1) is 5.41 Å². The van der Waals surface area contributed by atoms with E-state index in [1.54, 1.807) is 0 Å². The van der Waals surface area contributed by atoms with Gasteiger partial charge in [-0.1, -0.05) is 12.1 Å². The Labute approximate surface area is 68.9 Å². The molecule has 0 saturated carbocycles. The van der Waals surface area contributed by atoms with Crippen LogP contribution in [0.5, 0.6) is 0 Å². The highest BCUT2D eigenvalue weighted by Gasteiger charge is 2.02. The largest absolute Gasteiger partial charge is 0.381 e. The first-order valence-electron chi connectivity index (χ1n) is 3.56. The molecule has 4 N–H and O–H groups in total. The summed E-state index contributed by atoms with van der Waals surface area (Å²) < 4.78 is 0. The lowest BCUT2D eigenvalue weighted by molar-refractivity contribution is 1.24. The quantitative estimate of drug-likeness (QED) is 0.427. The molecule has 0 spiro atoms. The van der Waals surface area contributed by atoms with Crippen molar-refractivity contribution in [1.29, 1.82) is 5.41 Å². The van der Waals surface area contributed by atoms with Gasteiger partial charge in [0.2, 0.25) is 0 Å². The summed E-state index contributed by atoms with van der Waals surface area (Å²) >= 11 is 0. The molecule has 0 bridgehead atoms. The van der Waals surface area contributed by atoms with E-state index in [4.69, 9.17) is 11.1 Å². The van der Waals surface area contributed by atoms with Gasteiger partial charge in [0.25, 0.3) is 0 Å². The van der Waals surface area contributed by atoms with Crippen LogP contribution in [0.4, 0.5) is 0 Å². The predicted molar refractivity (Wildman–Crippen MR) is 47.1 cm³/mol. The van der Waals surface area contributed by atoms with Crippen molar-refractivity contribution >= 4 is 16.9 Å². The lowest BCUT2D eigenvalue weighted by Gasteiger charge is -1.85. The molecule has 0 amide bonds. The Morgan fingerprint density at radius 3 is 2.83 bits per heavy atom. The Bertz CT molecular complexity index is 396. The summed E-state index contributed by atoms with van der Waals surface area (Å²) in [6.07, 6.45) is 0. The van der Waals surface area contributed by atoms with Gasteiger partial charge in [0, 0.05) is 0 Å². The van der Waals surface area contributed by atoms with Crippen LogP contribution in [0.3, 0.4) is 0 Å². The van der Waals surface area contributed by atoms with Crippen LogP contribution in [0.25, 0.3) is 11.0 Å². The number of benzene rings is 1. The third-order valence-electron chi connectivity index (χ3n) is 1.64. The third-order valence-corrected chi connectivity index (χ3v) is 1.64. The Morgan fingerprint density at radius 1 is 1.42 bits per heavy atom. The molecule has 0 aliphatic heterocycles. The lowest BCUT2D eigenvalue weighted by atomic mass is 10.3. The van der Waals surface area contributed by atoms with Crippen LogP contribution in [0.1, 0.15) is 5.82 Å². The van der Waals surface area contributed by atoms with E-state index in [1.165, 1.54) is 0 Å². The van der Waals surface area contributed by atoms with E-state index in [0.29, 0.717) is 5.82 Å². The van der Waals surface area contributed by atoms with Crippen molar-refractivity contribution in [2.45, 2.75) is 0 Å². The number of nitrogens with two attached hydrogens (primary N) is 1. The molecule has 2 aromatic rings. The van der Waals surface area contributed by atoms with Gasteiger partial charge in [-0.25, -0.2) is 4.98 Å². The van der Waals surface area contributed by atoms with E-state index in [9.17, 15) is 0 Å². The number of nitrogen functional groups attached to an aromatic ring is 1. The minimum Gasteiger partial charge on any atom is -0.381 e. The molecule has 1 heterocycles. The van der Waals surface area contributed by atoms with Gasteiger partial charge in [0.1, 0.15) is 0 Å². The number of aromatic amines is 1. The predicted octanol–water partition coefficient (Wildman–Crippen LogP) is 0.847. The zero-order valence-electron chi connectivity index (χ0n) is 6.33. The third kappa shape index (κ3) is 0.934. The number of fused-ring (bicyclic) bond motifs is 1. The SMILES string of the molecule is N=C(N)c1nc2ccccc2[nH]1. The number of H-pyrrole nitrogens is 1. The molecular formula is C8H8N4. The maximum atomic E-state index is 7.15. The zero-order valence-corrected chi connectivity index (χ0v) is 6.33. The topological polar surface area (TPSA) is 78.6 Å². The van der Waals surface area contributed by atoms with E-state index in [2.05, 4.69) is 9.97 Å². The summed E-state index contributed by atoms with van der Waals surface area (Å²) in [7, 11) is 0. The molecule has 4 heteroatoms. The monoisotopic (exact) mass is 160 g/mol. The Balaban J connectivity index is 2.70. The number of aromatic nitrogens is 2. The molecule has 4 nitrogen and oxygen atoms in total. The molecule has 0 unspecified atom stereocenters. The summed E-state index contributed by atoms with van der Waals surface area (Å²) in [6.45, 7) is 0. The fourth-order valence-electron chi connectivity index (χ4n) is 1.08. The first kappa shape index (κ1) is 6.84. The van der Waals surface area contributed by atoms with Crippen molar-refractivity contribution in [3.8, 4) is 0 Å². The standard InChI is InChI=1S/C8H8N4/c9-7(10)8-11-5-3-1-2-4-6(5)12-8/h1-4H,(H3,9,10)(H,11,12). The zero-order chi connectivity index (χ0) is 8.55. The van der Waals surface area contributed by atoms with Gasteiger partial charge < -0.3 is 10.7 Å². The minimum atomic E-state index is -0.0359. The highest BCUT2D eigenvalue weighted by molar-refractivity contribution is 5.94. The number of para-hydroxylation sites is 2.